The van der Waals surface area contributed by atoms with E-state index < -0.39 is 12.3 Å². The first-order chi connectivity index (χ1) is 10.7. The van der Waals surface area contributed by atoms with E-state index in [0.717, 1.165) is 0 Å². The Morgan fingerprint density at radius 3 is 1.50 bits per heavy atom. The van der Waals surface area contributed by atoms with Crippen LogP contribution < -0.4 is 18.9 Å². The fraction of sp³-hybridized carbons (Fsp3) is 0.188. The molecule has 0 saturated carbocycles. The molecular formula is C16H16O6. The van der Waals surface area contributed by atoms with Gasteiger partial charge in [0, 0.05) is 0 Å². The molecule has 0 fully saturated rings. The molecule has 6 nitrogen and oxygen atoms in total. The fourth-order valence-electron chi connectivity index (χ4n) is 1.79. The van der Waals surface area contributed by atoms with E-state index in [0.29, 0.717) is 11.5 Å². The van der Waals surface area contributed by atoms with Gasteiger partial charge in [-0.2, -0.15) is 0 Å². The third-order valence-corrected chi connectivity index (χ3v) is 2.81. The van der Waals surface area contributed by atoms with Crippen LogP contribution in [0.25, 0.3) is 0 Å². The molecule has 0 aromatic heterocycles. The Bertz CT molecular complexity index is 591. The second kappa shape index (κ2) is 7.21. The van der Waals surface area contributed by atoms with Crippen molar-refractivity contribution in [1.29, 1.82) is 0 Å². The summed E-state index contributed by atoms with van der Waals surface area (Å²) >= 11 is 0. The Morgan fingerprint density at radius 1 is 0.818 bits per heavy atom. The summed E-state index contributed by atoms with van der Waals surface area (Å²) in [5.74, 6) is 0.103. The van der Waals surface area contributed by atoms with Gasteiger partial charge in [-0.05, 0) is 24.3 Å². The first-order valence-corrected chi connectivity index (χ1v) is 6.48. The molecule has 2 rings (SSSR count). The van der Waals surface area contributed by atoms with Crippen LogP contribution in [0.15, 0.2) is 48.5 Å². The monoisotopic (exact) mass is 304 g/mol. The largest absolute Gasteiger partial charge is 0.493 e. The van der Waals surface area contributed by atoms with Gasteiger partial charge < -0.3 is 24.1 Å². The molecule has 0 spiro atoms. The molecule has 0 amide bonds. The van der Waals surface area contributed by atoms with E-state index in [-0.39, 0.29) is 11.5 Å². The van der Waals surface area contributed by atoms with Crippen LogP contribution in [0.1, 0.15) is 0 Å². The molecule has 0 saturated heterocycles. The molecular weight excluding hydrogens is 288 g/mol. The normalized spacial score (nSPS) is 10.1. The van der Waals surface area contributed by atoms with E-state index in [9.17, 15) is 9.90 Å². The predicted molar refractivity (Wildman–Crippen MR) is 78.7 cm³/mol. The first-order valence-electron chi connectivity index (χ1n) is 6.48. The van der Waals surface area contributed by atoms with E-state index in [1.807, 2.05) is 0 Å². The van der Waals surface area contributed by atoms with Crippen molar-refractivity contribution in [3.63, 3.8) is 0 Å². The van der Waals surface area contributed by atoms with Crippen molar-refractivity contribution in [2.75, 3.05) is 14.2 Å². The number of benzene rings is 2. The lowest BCUT2D eigenvalue weighted by atomic mass is 10.3. The minimum absolute atomic E-state index is 0.271. The molecule has 0 heterocycles. The van der Waals surface area contributed by atoms with Gasteiger partial charge in [0.1, 0.15) is 0 Å². The van der Waals surface area contributed by atoms with Crippen molar-refractivity contribution in [1.82, 2.24) is 0 Å². The Labute approximate surface area is 127 Å². The van der Waals surface area contributed by atoms with E-state index in [1.165, 1.54) is 14.2 Å². The Hall–Kier alpha value is -2.89. The molecule has 2 aromatic rings. The maximum Gasteiger partial charge on any atom is 0.387 e. The number of hydrogen-bond donors (Lipinski definition) is 1. The van der Waals surface area contributed by atoms with E-state index in [4.69, 9.17) is 18.9 Å². The Balaban J connectivity index is 2.22. The lowest BCUT2D eigenvalue weighted by Crippen LogP contribution is -2.33. The van der Waals surface area contributed by atoms with Crippen LogP contribution in [0.5, 0.6) is 23.0 Å². The number of ether oxygens (including phenoxy) is 4. The van der Waals surface area contributed by atoms with E-state index >= 15 is 0 Å². The van der Waals surface area contributed by atoms with Gasteiger partial charge in [-0.1, -0.05) is 24.3 Å². The zero-order chi connectivity index (χ0) is 15.9. The predicted octanol–water partition coefficient (Wildman–Crippen LogP) is 2.57. The van der Waals surface area contributed by atoms with Gasteiger partial charge in [-0.15, -0.1) is 0 Å². The summed E-state index contributed by atoms with van der Waals surface area (Å²) < 4.78 is 21.0. The number of carboxylic acid groups (broad SMARTS) is 1. The molecule has 22 heavy (non-hydrogen) atoms. The minimum Gasteiger partial charge on any atom is -0.493 e. The summed E-state index contributed by atoms with van der Waals surface area (Å²) in [4.78, 5) is 11.4. The van der Waals surface area contributed by atoms with Crippen LogP contribution in [0.4, 0.5) is 0 Å². The van der Waals surface area contributed by atoms with Gasteiger partial charge in [-0.25, -0.2) is 4.79 Å². The van der Waals surface area contributed by atoms with Crippen molar-refractivity contribution in [3.8, 4) is 23.0 Å². The smallest absolute Gasteiger partial charge is 0.387 e. The number of methoxy groups -OCH3 is 2. The zero-order valence-corrected chi connectivity index (χ0v) is 12.2. The summed E-state index contributed by atoms with van der Waals surface area (Å²) in [6.07, 6.45) is -1.53. The number of carbonyl (C=O) groups is 1. The second-order valence-electron chi connectivity index (χ2n) is 4.21. The molecule has 2 aromatic carbocycles. The average molecular weight is 304 g/mol. The standard InChI is InChI=1S/C16H16O6/c1-19-11-7-3-5-9-13(11)21-16(15(17)18)22-14-10-6-4-8-12(14)20-2/h3-10,16H,1-2H3,(H,17,18). The van der Waals surface area contributed by atoms with Crippen LogP contribution >= 0.6 is 0 Å². The number of carboxylic acids is 1. The van der Waals surface area contributed by atoms with Crippen molar-refractivity contribution in [2.24, 2.45) is 0 Å². The van der Waals surface area contributed by atoms with Crippen LogP contribution in [-0.4, -0.2) is 31.6 Å². The SMILES string of the molecule is COc1ccccc1OC(Oc1ccccc1OC)C(=O)O. The second-order valence-corrected chi connectivity index (χ2v) is 4.21. The number of aliphatic carboxylic acids is 1. The molecule has 0 bridgehead atoms. The highest BCUT2D eigenvalue weighted by atomic mass is 16.7. The van der Waals surface area contributed by atoms with Crippen molar-refractivity contribution >= 4 is 5.97 Å². The highest BCUT2D eigenvalue weighted by Crippen LogP contribution is 2.30. The lowest BCUT2D eigenvalue weighted by Gasteiger charge is -2.19. The molecule has 0 unspecified atom stereocenters. The quantitative estimate of drug-likeness (QED) is 0.792. The molecule has 1 N–H and O–H groups in total. The third kappa shape index (κ3) is 3.60. The number of hydrogen-bond acceptors (Lipinski definition) is 5. The van der Waals surface area contributed by atoms with Gasteiger partial charge in [0.2, 0.25) is 0 Å². The number of para-hydroxylation sites is 4. The van der Waals surface area contributed by atoms with Crippen molar-refractivity contribution in [2.45, 2.75) is 6.29 Å². The molecule has 0 aliphatic carbocycles. The number of rotatable bonds is 7. The lowest BCUT2D eigenvalue weighted by molar-refractivity contribution is -0.158. The summed E-state index contributed by atoms with van der Waals surface area (Å²) in [5.41, 5.74) is 0. The summed E-state index contributed by atoms with van der Waals surface area (Å²) in [6.45, 7) is 0. The van der Waals surface area contributed by atoms with Gasteiger partial charge in [0.05, 0.1) is 14.2 Å². The zero-order valence-electron chi connectivity index (χ0n) is 12.2. The topological polar surface area (TPSA) is 74.2 Å². The van der Waals surface area contributed by atoms with Crippen molar-refractivity contribution < 1.29 is 28.8 Å². The highest BCUT2D eigenvalue weighted by molar-refractivity contribution is 5.72. The van der Waals surface area contributed by atoms with Crippen LogP contribution in [0.2, 0.25) is 0 Å². The first kappa shape index (κ1) is 15.5. The summed E-state index contributed by atoms with van der Waals surface area (Å²) in [7, 11) is 2.94. The van der Waals surface area contributed by atoms with Crippen LogP contribution in [-0.2, 0) is 4.79 Å². The summed E-state index contributed by atoms with van der Waals surface area (Å²) in [5, 5.41) is 9.29. The van der Waals surface area contributed by atoms with E-state index in [1.54, 1.807) is 48.5 Å². The maximum atomic E-state index is 11.4. The van der Waals surface area contributed by atoms with Gasteiger partial charge >= 0.3 is 12.3 Å². The van der Waals surface area contributed by atoms with Crippen LogP contribution in [0, 0.1) is 0 Å². The molecule has 0 aliphatic heterocycles. The average Bonchev–Trinajstić information content (AvgIpc) is 2.55. The molecule has 0 radical (unpaired) electrons. The minimum atomic E-state index is -1.53. The molecule has 0 aliphatic rings. The highest BCUT2D eigenvalue weighted by Gasteiger charge is 2.24. The Morgan fingerprint density at radius 2 is 1.18 bits per heavy atom. The molecule has 0 atom stereocenters. The third-order valence-electron chi connectivity index (χ3n) is 2.81. The van der Waals surface area contributed by atoms with Gasteiger partial charge in [0.25, 0.3) is 0 Å². The molecule has 6 heteroatoms. The summed E-state index contributed by atoms with van der Waals surface area (Å²) in [6, 6.07) is 13.4. The fourth-order valence-corrected chi connectivity index (χ4v) is 1.79. The van der Waals surface area contributed by atoms with E-state index in [2.05, 4.69) is 0 Å². The van der Waals surface area contributed by atoms with Gasteiger partial charge in [0.15, 0.2) is 23.0 Å². The van der Waals surface area contributed by atoms with Gasteiger partial charge in [-0.3, -0.25) is 0 Å². The Kier molecular flexibility index (Phi) is 5.08. The molecule has 116 valence electrons. The van der Waals surface area contributed by atoms with Crippen molar-refractivity contribution in [3.05, 3.63) is 48.5 Å². The maximum absolute atomic E-state index is 11.4. The van der Waals surface area contributed by atoms with Crippen LogP contribution in [0.3, 0.4) is 0 Å².